The van der Waals surface area contributed by atoms with Crippen LogP contribution in [0.15, 0.2) is 4.52 Å². The fourth-order valence-electron chi connectivity index (χ4n) is 2.52. The summed E-state index contributed by atoms with van der Waals surface area (Å²) in [6.07, 6.45) is 1.51. The second-order valence-electron chi connectivity index (χ2n) is 4.89. The fraction of sp³-hybridized carbons (Fsp3) is 0.538. The van der Waals surface area contributed by atoms with Gasteiger partial charge in [0.15, 0.2) is 11.5 Å². The molecule has 3 heterocycles. The summed E-state index contributed by atoms with van der Waals surface area (Å²) in [4.78, 5) is 8.85. The highest BCUT2D eigenvalue weighted by atomic mass is 35.5. The van der Waals surface area contributed by atoms with E-state index in [1.807, 2.05) is 11.7 Å². The van der Waals surface area contributed by atoms with E-state index in [0.717, 1.165) is 29.1 Å². The summed E-state index contributed by atoms with van der Waals surface area (Å²) in [5.41, 5.74) is 2.91. The van der Waals surface area contributed by atoms with Gasteiger partial charge in [-0.25, -0.2) is 4.98 Å². The zero-order chi connectivity index (χ0) is 15.0. The van der Waals surface area contributed by atoms with Crippen LogP contribution in [0.5, 0.6) is 0 Å². The molecule has 0 spiro atoms. The van der Waals surface area contributed by atoms with Gasteiger partial charge in [0.25, 0.3) is 0 Å². The van der Waals surface area contributed by atoms with Crippen LogP contribution in [0.4, 0.5) is 0 Å². The molecule has 8 heteroatoms. The number of halogens is 1. The Bertz CT molecular complexity index is 771. The monoisotopic (exact) mass is 308 g/mol. The first-order chi connectivity index (χ1) is 10.1. The molecule has 0 atom stereocenters. The maximum atomic E-state index is 6.03. The van der Waals surface area contributed by atoms with E-state index >= 15 is 0 Å². The summed E-state index contributed by atoms with van der Waals surface area (Å²) in [5.74, 6) is 2.47. The lowest BCUT2D eigenvalue weighted by molar-refractivity contribution is 0.386. The van der Waals surface area contributed by atoms with E-state index in [9.17, 15) is 0 Å². The molecular formula is C13H17ClN6O. The average molecular weight is 309 g/mol. The van der Waals surface area contributed by atoms with Gasteiger partial charge in [0.1, 0.15) is 11.3 Å². The summed E-state index contributed by atoms with van der Waals surface area (Å²) >= 11 is 6.03. The molecule has 0 unspecified atom stereocenters. The Labute approximate surface area is 126 Å². The van der Waals surface area contributed by atoms with Crippen LogP contribution in [0.3, 0.4) is 0 Å². The Kier molecular flexibility index (Phi) is 3.67. The van der Waals surface area contributed by atoms with Gasteiger partial charge in [0.05, 0.1) is 11.6 Å². The van der Waals surface area contributed by atoms with E-state index in [0.29, 0.717) is 30.6 Å². The number of hydrogen-bond acceptors (Lipinski definition) is 5. The third-order valence-electron chi connectivity index (χ3n) is 3.45. The van der Waals surface area contributed by atoms with E-state index in [1.165, 1.54) is 0 Å². The molecule has 0 amide bonds. The number of nitrogens with zero attached hydrogens (tertiary/aromatic N) is 6. The van der Waals surface area contributed by atoms with Gasteiger partial charge < -0.3 is 9.09 Å². The summed E-state index contributed by atoms with van der Waals surface area (Å²) < 4.78 is 8.94. The van der Waals surface area contributed by atoms with Crippen LogP contribution in [-0.4, -0.2) is 29.5 Å². The van der Waals surface area contributed by atoms with Crippen LogP contribution in [0.1, 0.15) is 30.2 Å². The van der Waals surface area contributed by atoms with Crippen LogP contribution in [0.25, 0.3) is 11.2 Å². The van der Waals surface area contributed by atoms with Crippen molar-refractivity contribution in [2.24, 2.45) is 7.05 Å². The van der Waals surface area contributed by atoms with Crippen molar-refractivity contribution in [1.82, 2.24) is 29.5 Å². The molecule has 0 aromatic carbocycles. The average Bonchev–Trinajstić information content (AvgIpc) is 3.12. The molecule has 0 N–H and O–H groups in total. The van der Waals surface area contributed by atoms with Crippen LogP contribution >= 0.6 is 11.6 Å². The quantitative estimate of drug-likeness (QED) is 0.674. The van der Waals surface area contributed by atoms with E-state index in [-0.39, 0.29) is 0 Å². The molecule has 3 rings (SSSR count). The number of imidazole rings is 1. The molecule has 0 saturated carbocycles. The smallest absolute Gasteiger partial charge is 0.223 e. The van der Waals surface area contributed by atoms with E-state index in [4.69, 9.17) is 16.1 Å². The number of hydrogen-bond donors (Lipinski definition) is 0. The normalized spacial score (nSPS) is 11.6. The third-order valence-corrected chi connectivity index (χ3v) is 3.69. The van der Waals surface area contributed by atoms with Crippen molar-refractivity contribution in [3.05, 3.63) is 23.2 Å². The summed E-state index contributed by atoms with van der Waals surface area (Å²) in [6.45, 7) is 4.55. The molecule has 3 aromatic heterocycles. The van der Waals surface area contributed by atoms with Crippen LogP contribution in [0.2, 0.25) is 0 Å². The number of aromatic nitrogens is 6. The van der Waals surface area contributed by atoms with Gasteiger partial charge in [-0.15, -0.1) is 11.6 Å². The SMILES string of the molecule is CCc1nn(C)c2c1nc(CCl)n2CCc1noc(C)n1. The molecule has 0 bridgehead atoms. The standard InChI is InChI=1S/C13H17ClN6O/c1-4-9-12-13(19(3)17-9)20(11(7-14)16-12)6-5-10-15-8(2)21-18-10/h4-7H2,1-3H3. The first-order valence-corrected chi connectivity index (χ1v) is 7.43. The summed E-state index contributed by atoms with van der Waals surface area (Å²) in [6, 6.07) is 0. The molecule has 0 radical (unpaired) electrons. The summed E-state index contributed by atoms with van der Waals surface area (Å²) in [7, 11) is 1.93. The van der Waals surface area contributed by atoms with Crippen molar-refractivity contribution in [2.45, 2.75) is 39.1 Å². The van der Waals surface area contributed by atoms with Gasteiger partial charge in [-0.1, -0.05) is 12.1 Å². The van der Waals surface area contributed by atoms with Crippen molar-refractivity contribution in [2.75, 3.05) is 0 Å². The second-order valence-corrected chi connectivity index (χ2v) is 5.16. The lowest BCUT2D eigenvalue weighted by Crippen LogP contribution is -2.09. The summed E-state index contributed by atoms with van der Waals surface area (Å²) in [5, 5.41) is 8.42. The highest BCUT2D eigenvalue weighted by Crippen LogP contribution is 2.21. The van der Waals surface area contributed by atoms with Crippen LogP contribution < -0.4 is 0 Å². The first-order valence-electron chi connectivity index (χ1n) is 6.90. The predicted octanol–water partition coefficient (Wildman–Crippen LogP) is 2.01. The molecule has 0 aliphatic heterocycles. The Morgan fingerprint density at radius 3 is 2.71 bits per heavy atom. The predicted molar refractivity (Wildman–Crippen MR) is 78.2 cm³/mol. The molecular weight excluding hydrogens is 292 g/mol. The molecule has 3 aromatic rings. The number of rotatable bonds is 5. The zero-order valence-electron chi connectivity index (χ0n) is 12.3. The van der Waals surface area contributed by atoms with Crippen molar-refractivity contribution in [3.8, 4) is 0 Å². The van der Waals surface area contributed by atoms with Crippen molar-refractivity contribution < 1.29 is 4.52 Å². The maximum absolute atomic E-state index is 6.03. The van der Waals surface area contributed by atoms with E-state index in [2.05, 4.69) is 31.7 Å². The topological polar surface area (TPSA) is 74.6 Å². The lowest BCUT2D eigenvalue weighted by Gasteiger charge is -2.06. The molecule has 7 nitrogen and oxygen atoms in total. The largest absolute Gasteiger partial charge is 0.340 e. The number of aryl methyl sites for hydroxylation is 5. The van der Waals surface area contributed by atoms with Gasteiger partial charge in [0, 0.05) is 26.9 Å². The number of fused-ring (bicyclic) bond motifs is 1. The molecule has 0 saturated heterocycles. The van der Waals surface area contributed by atoms with Crippen LogP contribution in [-0.2, 0) is 32.3 Å². The van der Waals surface area contributed by atoms with E-state index < -0.39 is 0 Å². The molecule has 112 valence electrons. The third kappa shape index (κ3) is 2.42. The number of alkyl halides is 1. The van der Waals surface area contributed by atoms with Gasteiger partial charge in [0.2, 0.25) is 5.89 Å². The van der Waals surface area contributed by atoms with Crippen molar-refractivity contribution in [1.29, 1.82) is 0 Å². The lowest BCUT2D eigenvalue weighted by atomic mass is 10.3. The first kappa shape index (κ1) is 14.1. The van der Waals surface area contributed by atoms with Crippen molar-refractivity contribution >= 4 is 22.8 Å². The zero-order valence-corrected chi connectivity index (χ0v) is 13.1. The minimum absolute atomic E-state index is 0.364. The van der Waals surface area contributed by atoms with Gasteiger partial charge >= 0.3 is 0 Å². The minimum Gasteiger partial charge on any atom is -0.340 e. The Balaban J connectivity index is 1.97. The van der Waals surface area contributed by atoms with Gasteiger partial charge in [-0.05, 0) is 6.42 Å². The second kappa shape index (κ2) is 5.48. The molecule has 0 fully saturated rings. The Morgan fingerprint density at radius 1 is 1.29 bits per heavy atom. The highest BCUT2D eigenvalue weighted by molar-refractivity contribution is 6.16. The van der Waals surface area contributed by atoms with Crippen LogP contribution in [0, 0.1) is 6.92 Å². The van der Waals surface area contributed by atoms with Crippen molar-refractivity contribution in [3.63, 3.8) is 0 Å². The maximum Gasteiger partial charge on any atom is 0.223 e. The molecule has 0 aliphatic carbocycles. The van der Waals surface area contributed by atoms with E-state index in [1.54, 1.807) is 6.92 Å². The highest BCUT2D eigenvalue weighted by Gasteiger charge is 2.18. The Morgan fingerprint density at radius 2 is 2.10 bits per heavy atom. The fourth-order valence-corrected chi connectivity index (χ4v) is 2.72. The molecule has 0 aliphatic rings. The Hall–Kier alpha value is -1.89. The minimum atomic E-state index is 0.364. The van der Waals surface area contributed by atoms with Gasteiger partial charge in [-0.3, -0.25) is 4.68 Å². The van der Waals surface area contributed by atoms with Gasteiger partial charge in [-0.2, -0.15) is 10.1 Å². The molecule has 21 heavy (non-hydrogen) atoms.